The number of aromatic nitrogens is 4. The molecule has 1 saturated carbocycles. The molecule has 1 fully saturated rings. The van der Waals surface area contributed by atoms with E-state index in [1.54, 1.807) is 55.6 Å². The maximum atomic E-state index is 13.6. The van der Waals surface area contributed by atoms with E-state index in [4.69, 9.17) is 16.3 Å². The number of carbonyl (C=O) groups excluding carboxylic acids is 2. The number of rotatable bonds is 11. The van der Waals surface area contributed by atoms with Gasteiger partial charge in [0.25, 0.3) is 0 Å². The summed E-state index contributed by atoms with van der Waals surface area (Å²) in [6.07, 6.45) is 4.29. The van der Waals surface area contributed by atoms with E-state index in [1.165, 1.54) is 9.70 Å². The summed E-state index contributed by atoms with van der Waals surface area (Å²) < 4.78 is 5.27. The Morgan fingerprint density at radius 2 is 1.86 bits per heavy atom. The number of benzene rings is 2. The molecule has 1 unspecified atom stereocenters. The van der Waals surface area contributed by atoms with Crippen molar-refractivity contribution in [1.29, 1.82) is 0 Å². The van der Waals surface area contributed by atoms with Crippen LogP contribution in [0.3, 0.4) is 0 Å². The summed E-state index contributed by atoms with van der Waals surface area (Å²) in [5.41, 5.74) is 1.36. The zero-order valence-electron chi connectivity index (χ0n) is 20.7. The van der Waals surface area contributed by atoms with Crippen LogP contribution >= 0.6 is 11.6 Å². The molecule has 1 heterocycles. The lowest BCUT2D eigenvalue weighted by Crippen LogP contribution is -2.47. The molecule has 3 aromatic rings. The molecule has 37 heavy (non-hydrogen) atoms. The molecule has 2 N–H and O–H groups in total. The summed E-state index contributed by atoms with van der Waals surface area (Å²) in [6, 6.07) is 13.3. The van der Waals surface area contributed by atoms with E-state index in [0.29, 0.717) is 34.1 Å². The van der Waals surface area contributed by atoms with Crippen LogP contribution in [0.25, 0.3) is 11.4 Å². The Morgan fingerprint density at radius 1 is 1.16 bits per heavy atom. The monoisotopic (exact) mass is 526 g/mol. The van der Waals surface area contributed by atoms with Crippen LogP contribution in [0.1, 0.15) is 43.7 Å². The predicted molar refractivity (Wildman–Crippen MR) is 138 cm³/mol. The first-order valence-electron chi connectivity index (χ1n) is 12.4. The number of hydrogen-bond acceptors (Lipinski definition) is 7. The molecular formula is C26H31ClN6O4. The van der Waals surface area contributed by atoms with Crippen LogP contribution in [0.5, 0.6) is 5.75 Å². The number of aliphatic hydroxyl groups excluding tert-OH is 1. The summed E-state index contributed by atoms with van der Waals surface area (Å²) >= 11 is 5.96. The Balaban J connectivity index is 1.59. The number of nitrogens with zero attached hydrogens (tertiary/aromatic N) is 5. The number of aliphatic hydroxyl groups is 1. The molecule has 1 aliphatic carbocycles. The SMILES string of the molecule is COc1ccc(C(C(=O)NC2CCCC2)N(CCCO)C(=O)Cn2nnc(-c3ccc(Cl)cc3)n2)cc1. The summed E-state index contributed by atoms with van der Waals surface area (Å²) in [6.45, 7) is -0.149. The number of halogens is 1. The first-order chi connectivity index (χ1) is 18.0. The standard InChI is InChI=1S/C26H31ClN6O4/c1-37-22-13-9-18(10-14-22)24(26(36)28-21-5-2-3-6-21)32(15-4-16-34)23(35)17-33-30-25(29-31-33)19-7-11-20(27)12-8-19/h7-14,21,24,34H,2-6,15-17H2,1H3,(H,28,36). The Kier molecular flexibility index (Phi) is 9.08. The van der Waals surface area contributed by atoms with Gasteiger partial charge in [-0.3, -0.25) is 9.59 Å². The average Bonchev–Trinajstić information content (AvgIpc) is 3.59. The maximum absolute atomic E-state index is 13.6. The summed E-state index contributed by atoms with van der Waals surface area (Å²) in [5, 5.41) is 25.6. The lowest BCUT2D eigenvalue weighted by Gasteiger charge is -2.32. The van der Waals surface area contributed by atoms with E-state index in [1.807, 2.05) is 0 Å². The molecule has 1 aromatic heterocycles. The number of nitrogens with one attached hydrogen (secondary N) is 1. The van der Waals surface area contributed by atoms with Crippen molar-refractivity contribution in [3.63, 3.8) is 0 Å². The van der Waals surface area contributed by atoms with Gasteiger partial charge >= 0.3 is 0 Å². The van der Waals surface area contributed by atoms with E-state index >= 15 is 0 Å². The van der Waals surface area contributed by atoms with E-state index in [-0.39, 0.29) is 37.6 Å². The summed E-state index contributed by atoms with van der Waals surface area (Å²) in [4.78, 5) is 29.8. The number of hydrogen-bond donors (Lipinski definition) is 2. The van der Waals surface area contributed by atoms with Gasteiger partial charge in [0, 0.05) is 29.8 Å². The van der Waals surface area contributed by atoms with Crippen LogP contribution in [0, 0.1) is 0 Å². The molecule has 0 saturated heterocycles. The fraction of sp³-hybridized carbons (Fsp3) is 0.423. The highest BCUT2D eigenvalue weighted by molar-refractivity contribution is 6.30. The van der Waals surface area contributed by atoms with Gasteiger partial charge in [0.1, 0.15) is 18.3 Å². The number of amides is 2. The Bertz CT molecular complexity index is 1180. The first kappa shape index (κ1) is 26.6. The molecule has 0 aliphatic heterocycles. The highest BCUT2D eigenvalue weighted by atomic mass is 35.5. The van der Waals surface area contributed by atoms with Gasteiger partial charge in [0.2, 0.25) is 17.6 Å². The van der Waals surface area contributed by atoms with Crippen LogP contribution in [-0.4, -0.2) is 68.3 Å². The molecular weight excluding hydrogens is 496 g/mol. The summed E-state index contributed by atoms with van der Waals surface area (Å²) in [7, 11) is 1.57. The molecule has 11 heteroatoms. The second-order valence-electron chi connectivity index (χ2n) is 8.98. The van der Waals surface area contributed by atoms with Crippen molar-refractivity contribution in [3.8, 4) is 17.1 Å². The fourth-order valence-corrected chi connectivity index (χ4v) is 4.61. The third-order valence-electron chi connectivity index (χ3n) is 6.40. The Hall–Kier alpha value is -3.50. The van der Waals surface area contributed by atoms with Gasteiger partial charge in [0.05, 0.1) is 7.11 Å². The highest BCUT2D eigenvalue weighted by Crippen LogP contribution is 2.26. The highest BCUT2D eigenvalue weighted by Gasteiger charge is 2.33. The number of tetrazole rings is 1. The Morgan fingerprint density at radius 3 is 2.51 bits per heavy atom. The number of carbonyl (C=O) groups is 2. The van der Waals surface area contributed by atoms with Crippen molar-refractivity contribution in [1.82, 2.24) is 30.4 Å². The largest absolute Gasteiger partial charge is 0.497 e. The normalized spacial score (nSPS) is 14.4. The quantitative estimate of drug-likeness (QED) is 0.393. The van der Waals surface area contributed by atoms with Crippen molar-refractivity contribution in [2.45, 2.75) is 50.7 Å². The molecule has 4 rings (SSSR count). The maximum Gasteiger partial charge on any atom is 0.247 e. The van der Waals surface area contributed by atoms with Gasteiger partial charge in [-0.05, 0) is 66.4 Å². The topological polar surface area (TPSA) is 122 Å². The predicted octanol–water partition coefficient (Wildman–Crippen LogP) is 3.01. The molecule has 196 valence electrons. The molecule has 10 nitrogen and oxygen atoms in total. The van der Waals surface area contributed by atoms with E-state index in [9.17, 15) is 14.7 Å². The first-order valence-corrected chi connectivity index (χ1v) is 12.7. The minimum atomic E-state index is -0.884. The zero-order valence-corrected chi connectivity index (χ0v) is 21.5. The van der Waals surface area contributed by atoms with Crippen molar-refractivity contribution < 1.29 is 19.4 Å². The lowest BCUT2D eigenvalue weighted by atomic mass is 10.0. The average molecular weight is 527 g/mol. The van der Waals surface area contributed by atoms with Gasteiger partial charge < -0.3 is 20.1 Å². The van der Waals surface area contributed by atoms with E-state index in [0.717, 1.165) is 25.7 Å². The van der Waals surface area contributed by atoms with Crippen LogP contribution in [-0.2, 0) is 16.1 Å². The molecule has 0 radical (unpaired) electrons. The third kappa shape index (κ3) is 6.84. The number of methoxy groups -OCH3 is 1. The van der Waals surface area contributed by atoms with Gasteiger partial charge in [-0.15, -0.1) is 10.2 Å². The number of ether oxygens (including phenoxy) is 1. The van der Waals surface area contributed by atoms with Gasteiger partial charge in [-0.1, -0.05) is 36.6 Å². The molecule has 2 aromatic carbocycles. The molecule has 0 spiro atoms. The van der Waals surface area contributed by atoms with Crippen LogP contribution in [0.4, 0.5) is 0 Å². The lowest BCUT2D eigenvalue weighted by molar-refractivity contribution is -0.142. The van der Waals surface area contributed by atoms with Gasteiger partial charge in [-0.25, -0.2) is 0 Å². The van der Waals surface area contributed by atoms with Crippen molar-refractivity contribution >= 4 is 23.4 Å². The van der Waals surface area contributed by atoms with Crippen LogP contribution < -0.4 is 10.1 Å². The van der Waals surface area contributed by atoms with E-state index < -0.39 is 6.04 Å². The van der Waals surface area contributed by atoms with Gasteiger partial charge in [0.15, 0.2) is 0 Å². The van der Waals surface area contributed by atoms with E-state index in [2.05, 4.69) is 20.7 Å². The minimum absolute atomic E-state index is 0.0851. The van der Waals surface area contributed by atoms with Crippen LogP contribution in [0.15, 0.2) is 48.5 Å². The van der Waals surface area contributed by atoms with Crippen molar-refractivity contribution in [3.05, 3.63) is 59.1 Å². The third-order valence-corrected chi connectivity index (χ3v) is 6.65. The zero-order chi connectivity index (χ0) is 26.2. The second-order valence-corrected chi connectivity index (χ2v) is 9.42. The molecule has 1 atom stereocenters. The van der Waals surface area contributed by atoms with Crippen molar-refractivity contribution in [2.24, 2.45) is 0 Å². The van der Waals surface area contributed by atoms with Gasteiger partial charge in [-0.2, -0.15) is 4.80 Å². The fourth-order valence-electron chi connectivity index (χ4n) is 4.48. The Labute approximate surface area is 220 Å². The second kappa shape index (κ2) is 12.6. The molecule has 1 aliphatic rings. The molecule has 0 bridgehead atoms. The molecule has 2 amide bonds. The minimum Gasteiger partial charge on any atom is -0.497 e. The van der Waals surface area contributed by atoms with Crippen LogP contribution in [0.2, 0.25) is 5.02 Å². The van der Waals surface area contributed by atoms with Crippen molar-refractivity contribution in [2.75, 3.05) is 20.3 Å². The smallest absolute Gasteiger partial charge is 0.247 e. The summed E-state index contributed by atoms with van der Waals surface area (Å²) in [5.74, 6) is 0.387.